The number of aliphatic hydroxyl groups is 2. The molecule has 118 valence electrons. The lowest BCUT2D eigenvalue weighted by Crippen LogP contribution is -2.21. The summed E-state index contributed by atoms with van der Waals surface area (Å²) >= 11 is 0. The van der Waals surface area contributed by atoms with Crippen LogP contribution in [0.3, 0.4) is 0 Å². The van der Waals surface area contributed by atoms with E-state index in [1.54, 1.807) is 7.11 Å². The zero-order chi connectivity index (χ0) is 14.9. The average molecular weight is 282 g/mol. The normalized spacial score (nSPS) is 13.6. The van der Waals surface area contributed by atoms with Crippen LogP contribution in [0, 0.1) is 0 Å². The lowest BCUT2D eigenvalue weighted by atomic mass is 10.4. The Labute approximate surface area is 116 Å². The molecule has 0 radical (unpaired) electrons. The largest absolute Gasteiger partial charge is 0.394 e. The van der Waals surface area contributed by atoms with Crippen molar-refractivity contribution in [3.63, 3.8) is 0 Å². The van der Waals surface area contributed by atoms with E-state index < -0.39 is 0 Å². The molecule has 0 saturated heterocycles. The minimum absolute atomic E-state index is 0.0659. The van der Waals surface area contributed by atoms with Crippen LogP contribution in [0.25, 0.3) is 0 Å². The van der Waals surface area contributed by atoms with E-state index in [4.69, 9.17) is 29.2 Å². The minimum Gasteiger partial charge on any atom is -0.394 e. The van der Waals surface area contributed by atoms with Crippen molar-refractivity contribution in [3.05, 3.63) is 0 Å². The van der Waals surface area contributed by atoms with Crippen molar-refractivity contribution >= 4 is 0 Å². The van der Waals surface area contributed by atoms with E-state index >= 15 is 0 Å². The fraction of sp³-hybridized carbons (Fsp3) is 1.00. The van der Waals surface area contributed by atoms with Crippen molar-refractivity contribution in [2.75, 3.05) is 53.4 Å². The van der Waals surface area contributed by atoms with Crippen LogP contribution in [0.15, 0.2) is 0 Å². The van der Waals surface area contributed by atoms with E-state index in [-0.39, 0.29) is 25.4 Å². The molecule has 6 heteroatoms. The van der Waals surface area contributed by atoms with Gasteiger partial charge in [0.2, 0.25) is 0 Å². The molecule has 0 aromatic carbocycles. The maximum absolute atomic E-state index is 8.55. The summed E-state index contributed by atoms with van der Waals surface area (Å²) in [5, 5.41) is 16.8. The second-order valence-electron chi connectivity index (χ2n) is 3.91. The molecule has 2 unspecified atom stereocenters. The molecule has 0 fully saturated rings. The lowest BCUT2D eigenvalue weighted by molar-refractivity contribution is -0.0313. The SMILES string of the molecule is CCOCCOCCO.COC(C)COC(C)CO. The third-order valence-corrected chi connectivity index (χ3v) is 2.09. The van der Waals surface area contributed by atoms with Crippen LogP contribution in [0.1, 0.15) is 20.8 Å². The molecule has 0 saturated carbocycles. The molecule has 0 aromatic heterocycles. The highest BCUT2D eigenvalue weighted by atomic mass is 16.5. The summed E-state index contributed by atoms with van der Waals surface area (Å²) in [6, 6.07) is 0. The van der Waals surface area contributed by atoms with Crippen molar-refractivity contribution in [1.82, 2.24) is 0 Å². The van der Waals surface area contributed by atoms with E-state index in [0.717, 1.165) is 6.61 Å². The van der Waals surface area contributed by atoms with Gasteiger partial charge in [-0.1, -0.05) is 0 Å². The van der Waals surface area contributed by atoms with Gasteiger partial charge in [0.15, 0.2) is 0 Å². The van der Waals surface area contributed by atoms with Gasteiger partial charge in [0, 0.05) is 13.7 Å². The Morgan fingerprint density at radius 1 is 0.947 bits per heavy atom. The van der Waals surface area contributed by atoms with Gasteiger partial charge in [0.1, 0.15) is 0 Å². The van der Waals surface area contributed by atoms with Crippen molar-refractivity contribution < 1.29 is 29.2 Å². The number of hydrogen-bond acceptors (Lipinski definition) is 6. The van der Waals surface area contributed by atoms with Gasteiger partial charge in [-0.15, -0.1) is 0 Å². The third kappa shape index (κ3) is 20.2. The highest BCUT2D eigenvalue weighted by Crippen LogP contribution is 1.93. The highest BCUT2D eigenvalue weighted by molar-refractivity contribution is 4.49. The first-order valence-corrected chi connectivity index (χ1v) is 6.63. The first kappa shape index (κ1) is 21.1. The summed E-state index contributed by atoms with van der Waals surface area (Å²) in [4.78, 5) is 0. The van der Waals surface area contributed by atoms with Gasteiger partial charge in [-0.3, -0.25) is 0 Å². The van der Waals surface area contributed by atoms with Crippen LogP contribution >= 0.6 is 0 Å². The Morgan fingerprint density at radius 3 is 2.05 bits per heavy atom. The smallest absolute Gasteiger partial charge is 0.0779 e. The molecule has 0 amide bonds. The van der Waals surface area contributed by atoms with Crippen LogP contribution < -0.4 is 0 Å². The summed E-state index contributed by atoms with van der Waals surface area (Å²) < 4.78 is 20.0. The summed E-state index contributed by atoms with van der Waals surface area (Å²) in [5.74, 6) is 0. The zero-order valence-electron chi connectivity index (χ0n) is 12.6. The van der Waals surface area contributed by atoms with Gasteiger partial charge in [0.05, 0.1) is 51.8 Å². The summed E-state index contributed by atoms with van der Waals surface area (Å²) in [6.07, 6.45) is 0.0200. The first-order valence-electron chi connectivity index (χ1n) is 6.63. The number of aliphatic hydroxyl groups excluding tert-OH is 2. The Morgan fingerprint density at radius 2 is 1.58 bits per heavy atom. The van der Waals surface area contributed by atoms with Crippen LogP contribution in [0.4, 0.5) is 0 Å². The molecule has 0 aliphatic carbocycles. The average Bonchev–Trinajstić information content (AvgIpc) is 2.44. The topological polar surface area (TPSA) is 77.4 Å². The second-order valence-corrected chi connectivity index (χ2v) is 3.91. The molecule has 0 aliphatic heterocycles. The molecular formula is C13H30O6. The molecule has 0 spiro atoms. The Hall–Kier alpha value is -0.240. The quantitative estimate of drug-likeness (QED) is 0.536. The van der Waals surface area contributed by atoms with Crippen molar-refractivity contribution in [1.29, 1.82) is 0 Å². The number of methoxy groups -OCH3 is 1. The van der Waals surface area contributed by atoms with Crippen molar-refractivity contribution in [3.8, 4) is 0 Å². The maximum Gasteiger partial charge on any atom is 0.0779 e. The molecule has 0 aliphatic rings. The van der Waals surface area contributed by atoms with E-state index in [1.807, 2.05) is 20.8 Å². The third-order valence-electron chi connectivity index (χ3n) is 2.09. The molecule has 0 heterocycles. The number of hydrogen-bond donors (Lipinski definition) is 2. The monoisotopic (exact) mass is 282 g/mol. The molecule has 0 rings (SSSR count). The van der Waals surface area contributed by atoms with Crippen LogP contribution in [0.2, 0.25) is 0 Å². The fourth-order valence-electron chi connectivity index (χ4n) is 0.849. The minimum atomic E-state index is -0.0856. The standard InChI is InChI=1S/C7H16O3.C6H14O3/c1-6(4-8)10-5-7(2)9-3;1-2-8-5-6-9-4-3-7/h6-8H,4-5H2,1-3H3;7H,2-6H2,1H3. The van der Waals surface area contributed by atoms with Gasteiger partial charge >= 0.3 is 0 Å². The fourth-order valence-corrected chi connectivity index (χ4v) is 0.849. The molecule has 6 nitrogen and oxygen atoms in total. The van der Waals surface area contributed by atoms with Crippen LogP contribution in [0.5, 0.6) is 0 Å². The number of rotatable bonds is 11. The highest BCUT2D eigenvalue weighted by Gasteiger charge is 2.03. The van der Waals surface area contributed by atoms with Crippen LogP contribution in [-0.2, 0) is 18.9 Å². The predicted molar refractivity (Wildman–Crippen MR) is 73.4 cm³/mol. The van der Waals surface area contributed by atoms with Gasteiger partial charge in [-0.2, -0.15) is 0 Å². The molecule has 2 N–H and O–H groups in total. The maximum atomic E-state index is 8.55. The Balaban J connectivity index is 0. The Bertz CT molecular complexity index is 140. The van der Waals surface area contributed by atoms with Crippen molar-refractivity contribution in [2.45, 2.75) is 33.0 Å². The summed E-state index contributed by atoms with van der Waals surface area (Å²) in [7, 11) is 1.64. The Kier molecular flexibility index (Phi) is 19.7. The second kappa shape index (κ2) is 17.8. The summed E-state index contributed by atoms with van der Waals surface area (Å²) in [6.45, 7) is 8.71. The molecule has 19 heavy (non-hydrogen) atoms. The predicted octanol–water partition coefficient (Wildman–Crippen LogP) is 0.451. The molecule has 2 atom stereocenters. The van der Waals surface area contributed by atoms with Gasteiger partial charge in [0.25, 0.3) is 0 Å². The lowest BCUT2D eigenvalue weighted by Gasteiger charge is -2.13. The van der Waals surface area contributed by atoms with Gasteiger partial charge in [-0.05, 0) is 20.8 Å². The van der Waals surface area contributed by atoms with Crippen molar-refractivity contribution in [2.24, 2.45) is 0 Å². The van der Waals surface area contributed by atoms with E-state index in [2.05, 4.69) is 0 Å². The summed E-state index contributed by atoms with van der Waals surface area (Å²) in [5.41, 5.74) is 0. The van der Waals surface area contributed by atoms with Crippen LogP contribution in [-0.4, -0.2) is 75.8 Å². The van der Waals surface area contributed by atoms with E-state index in [0.29, 0.717) is 26.4 Å². The van der Waals surface area contributed by atoms with Gasteiger partial charge < -0.3 is 29.2 Å². The van der Waals surface area contributed by atoms with Gasteiger partial charge in [-0.25, -0.2) is 0 Å². The number of ether oxygens (including phenoxy) is 4. The zero-order valence-corrected chi connectivity index (χ0v) is 12.6. The van der Waals surface area contributed by atoms with E-state index in [9.17, 15) is 0 Å². The molecular weight excluding hydrogens is 252 g/mol. The van der Waals surface area contributed by atoms with E-state index in [1.165, 1.54) is 0 Å². The molecule has 0 aromatic rings. The molecule has 0 bridgehead atoms. The first-order chi connectivity index (χ1) is 9.12.